The van der Waals surface area contributed by atoms with E-state index in [1.807, 2.05) is 24.3 Å². The normalized spacial score (nSPS) is 18.9. The van der Waals surface area contributed by atoms with E-state index >= 15 is 0 Å². The van der Waals surface area contributed by atoms with E-state index in [1.165, 1.54) is 0 Å². The number of nitrogens with one attached hydrogen (secondary N) is 1. The number of piperidine rings is 1. The molecule has 1 fully saturated rings. The maximum absolute atomic E-state index is 5.40. The highest BCUT2D eigenvalue weighted by Crippen LogP contribution is 2.22. The Morgan fingerprint density at radius 1 is 1.45 bits per heavy atom. The van der Waals surface area contributed by atoms with Crippen molar-refractivity contribution in [2.75, 3.05) is 20.2 Å². The molecule has 1 aliphatic heterocycles. The van der Waals surface area contributed by atoms with Crippen LogP contribution in [0.15, 0.2) is 28.8 Å². The second-order valence-corrected chi connectivity index (χ2v) is 5.12. The van der Waals surface area contributed by atoms with E-state index in [-0.39, 0.29) is 0 Å². The van der Waals surface area contributed by atoms with Crippen LogP contribution in [0.1, 0.15) is 36.0 Å². The number of hydrogen-bond donors (Lipinski definition) is 1. The Labute approximate surface area is 118 Å². The zero-order valence-electron chi connectivity index (χ0n) is 11.6. The molecule has 5 nitrogen and oxygen atoms in total. The summed E-state index contributed by atoms with van der Waals surface area (Å²) in [6.07, 6.45) is 2.95. The van der Waals surface area contributed by atoms with Gasteiger partial charge in [-0.25, -0.2) is 0 Å². The topological polar surface area (TPSA) is 60.2 Å². The minimum absolute atomic E-state index is 0.357. The van der Waals surface area contributed by atoms with E-state index in [1.54, 1.807) is 7.11 Å². The first-order chi connectivity index (χ1) is 9.85. The van der Waals surface area contributed by atoms with Crippen molar-refractivity contribution >= 4 is 0 Å². The first-order valence-corrected chi connectivity index (χ1v) is 7.01. The number of rotatable bonds is 4. The number of methoxy groups -OCH3 is 1. The third-order valence-corrected chi connectivity index (χ3v) is 3.63. The molecule has 1 aliphatic rings. The van der Waals surface area contributed by atoms with Crippen LogP contribution in [-0.4, -0.2) is 30.3 Å². The zero-order valence-corrected chi connectivity index (χ0v) is 11.6. The smallest absolute Gasteiger partial charge is 0.231 e. The molecule has 1 aromatic carbocycles. The molecule has 0 spiro atoms. The van der Waals surface area contributed by atoms with Gasteiger partial charge in [-0.05, 0) is 37.1 Å². The van der Waals surface area contributed by atoms with Crippen LogP contribution in [-0.2, 0) is 6.42 Å². The summed E-state index contributed by atoms with van der Waals surface area (Å²) < 4.78 is 10.6. The Morgan fingerprint density at radius 2 is 2.40 bits per heavy atom. The van der Waals surface area contributed by atoms with Crippen LogP contribution in [0.25, 0.3) is 0 Å². The van der Waals surface area contributed by atoms with Gasteiger partial charge in [-0.15, -0.1) is 0 Å². The zero-order chi connectivity index (χ0) is 13.8. The summed E-state index contributed by atoms with van der Waals surface area (Å²) in [4.78, 5) is 4.53. The first kappa shape index (κ1) is 13.1. The van der Waals surface area contributed by atoms with E-state index < -0.39 is 0 Å². The van der Waals surface area contributed by atoms with Crippen LogP contribution in [0.3, 0.4) is 0 Å². The molecule has 3 rings (SSSR count). The summed E-state index contributed by atoms with van der Waals surface area (Å²) in [7, 11) is 1.67. The Hall–Kier alpha value is -1.88. The molecular weight excluding hydrogens is 254 g/mol. The van der Waals surface area contributed by atoms with Gasteiger partial charge < -0.3 is 14.6 Å². The Kier molecular flexibility index (Phi) is 3.97. The summed E-state index contributed by atoms with van der Waals surface area (Å²) in [6, 6.07) is 7.94. The highest BCUT2D eigenvalue weighted by molar-refractivity contribution is 5.30. The minimum Gasteiger partial charge on any atom is -0.497 e. The van der Waals surface area contributed by atoms with Crippen molar-refractivity contribution in [3.05, 3.63) is 41.5 Å². The van der Waals surface area contributed by atoms with Gasteiger partial charge in [-0.1, -0.05) is 17.3 Å². The number of nitrogens with zero attached hydrogens (tertiary/aromatic N) is 2. The summed E-state index contributed by atoms with van der Waals surface area (Å²) in [5.74, 6) is 2.70. The molecule has 0 amide bonds. The molecule has 1 atom stereocenters. The van der Waals surface area contributed by atoms with E-state index in [4.69, 9.17) is 9.26 Å². The molecule has 1 N–H and O–H groups in total. The van der Waals surface area contributed by atoms with Crippen molar-refractivity contribution in [3.8, 4) is 5.75 Å². The highest BCUT2D eigenvalue weighted by atomic mass is 16.5. The average Bonchev–Trinajstić information content (AvgIpc) is 2.97. The maximum Gasteiger partial charge on any atom is 0.231 e. The lowest BCUT2D eigenvalue weighted by Crippen LogP contribution is -2.28. The highest BCUT2D eigenvalue weighted by Gasteiger charge is 2.21. The maximum atomic E-state index is 5.40. The van der Waals surface area contributed by atoms with Gasteiger partial charge in [0.05, 0.1) is 13.0 Å². The molecule has 106 valence electrons. The summed E-state index contributed by atoms with van der Waals surface area (Å²) in [6.45, 7) is 2.02. The average molecular weight is 273 g/mol. The Morgan fingerprint density at radius 3 is 3.20 bits per heavy atom. The monoisotopic (exact) mass is 273 g/mol. The molecular formula is C15H19N3O2. The minimum atomic E-state index is 0.357. The van der Waals surface area contributed by atoms with Gasteiger partial charge in [0.15, 0.2) is 5.82 Å². The fourth-order valence-electron chi connectivity index (χ4n) is 2.53. The largest absolute Gasteiger partial charge is 0.497 e. The Bertz CT molecular complexity index is 562. The number of benzene rings is 1. The van der Waals surface area contributed by atoms with Crippen LogP contribution in [0.5, 0.6) is 5.75 Å². The van der Waals surface area contributed by atoms with Crippen LogP contribution < -0.4 is 10.1 Å². The molecule has 2 aromatic rings. The van der Waals surface area contributed by atoms with Gasteiger partial charge >= 0.3 is 0 Å². The molecule has 1 aromatic heterocycles. The standard InChI is InChI=1S/C15H19N3O2/c1-19-13-6-2-4-11(8-13)9-14-17-15(20-18-14)12-5-3-7-16-10-12/h2,4,6,8,12,16H,3,5,7,9-10H2,1H3. The summed E-state index contributed by atoms with van der Waals surface area (Å²) in [5.41, 5.74) is 1.12. The van der Waals surface area contributed by atoms with Gasteiger partial charge in [0, 0.05) is 13.0 Å². The van der Waals surface area contributed by atoms with Crippen molar-refractivity contribution < 1.29 is 9.26 Å². The number of ether oxygens (including phenoxy) is 1. The van der Waals surface area contributed by atoms with Crippen LogP contribution >= 0.6 is 0 Å². The molecule has 20 heavy (non-hydrogen) atoms. The predicted octanol–water partition coefficient (Wildman–Crippen LogP) is 2.14. The summed E-state index contributed by atoms with van der Waals surface area (Å²) in [5, 5.41) is 7.45. The Balaban J connectivity index is 1.70. The quantitative estimate of drug-likeness (QED) is 0.924. The van der Waals surface area contributed by atoms with Crippen LogP contribution in [0.4, 0.5) is 0 Å². The van der Waals surface area contributed by atoms with Gasteiger partial charge in [-0.3, -0.25) is 0 Å². The third kappa shape index (κ3) is 2.99. The molecule has 0 radical (unpaired) electrons. The number of hydrogen-bond acceptors (Lipinski definition) is 5. The molecule has 0 saturated carbocycles. The molecule has 1 unspecified atom stereocenters. The fraction of sp³-hybridized carbons (Fsp3) is 0.467. The van der Waals surface area contributed by atoms with Gasteiger partial charge in [-0.2, -0.15) is 4.98 Å². The predicted molar refractivity (Wildman–Crippen MR) is 74.9 cm³/mol. The van der Waals surface area contributed by atoms with Crippen LogP contribution in [0.2, 0.25) is 0 Å². The SMILES string of the molecule is COc1cccc(Cc2noc(C3CCCNC3)n2)c1. The van der Waals surface area contributed by atoms with E-state index in [2.05, 4.69) is 15.5 Å². The fourth-order valence-corrected chi connectivity index (χ4v) is 2.53. The van der Waals surface area contributed by atoms with Crippen LogP contribution in [0, 0.1) is 0 Å². The molecule has 1 saturated heterocycles. The second-order valence-electron chi connectivity index (χ2n) is 5.12. The van der Waals surface area contributed by atoms with Gasteiger partial charge in [0.2, 0.25) is 5.89 Å². The third-order valence-electron chi connectivity index (χ3n) is 3.63. The lowest BCUT2D eigenvalue weighted by atomic mass is 10.00. The van der Waals surface area contributed by atoms with Crippen molar-refractivity contribution in [1.82, 2.24) is 15.5 Å². The lowest BCUT2D eigenvalue weighted by Gasteiger charge is -2.18. The van der Waals surface area contributed by atoms with E-state index in [9.17, 15) is 0 Å². The summed E-state index contributed by atoms with van der Waals surface area (Å²) >= 11 is 0. The lowest BCUT2D eigenvalue weighted by molar-refractivity contribution is 0.320. The van der Waals surface area contributed by atoms with Gasteiger partial charge in [0.25, 0.3) is 0 Å². The van der Waals surface area contributed by atoms with Gasteiger partial charge in [0.1, 0.15) is 5.75 Å². The first-order valence-electron chi connectivity index (χ1n) is 7.01. The molecule has 5 heteroatoms. The molecule has 0 aliphatic carbocycles. The van der Waals surface area contributed by atoms with E-state index in [0.717, 1.165) is 49.0 Å². The molecule has 2 heterocycles. The van der Waals surface area contributed by atoms with E-state index in [0.29, 0.717) is 12.3 Å². The number of aromatic nitrogens is 2. The van der Waals surface area contributed by atoms with Crippen molar-refractivity contribution in [3.63, 3.8) is 0 Å². The molecule has 0 bridgehead atoms. The van der Waals surface area contributed by atoms with Crippen molar-refractivity contribution in [1.29, 1.82) is 0 Å². The second kappa shape index (κ2) is 6.05. The van der Waals surface area contributed by atoms with Crippen molar-refractivity contribution in [2.24, 2.45) is 0 Å². The van der Waals surface area contributed by atoms with Crippen molar-refractivity contribution in [2.45, 2.75) is 25.2 Å².